The van der Waals surface area contributed by atoms with Gasteiger partial charge in [-0.2, -0.15) is 0 Å². The van der Waals surface area contributed by atoms with E-state index in [0.29, 0.717) is 16.8 Å². The van der Waals surface area contributed by atoms with Crippen LogP contribution in [-0.4, -0.2) is 27.6 Å². The lowest BCUT2D eigenvalue weighted by atomic mass is 10.2. The second kappa shape index (κ2) is 9.30. The van der Waals surface area contributed by atoms with Gasteiger partial charge in [-0.3, -0.25) is 10.1 Å². The molecule has 0 fully saturated rings. The number of anilines is 1. The summed E-state index contributed by atoms with van der Waals surface area (Å²) in [6, 6.07) is 8.38. The van der Waals surface area contributed by atoms with Gasteiger partial charge in [0.1, 0.15) is 0 Å². The predicted octanol–water partition coefficient (Wildman–Crippen LogP) is 4.47. The molecule has 7 heteroatoms. The number of hydrogen-bond acceptors (Lipinski definition) is 6. The normalized spacial score (nSPS) is 11.0. The molecule has 0 radical (unpaired) electrons. The van der Waals surface area contributed by atoms with Crippen LogP contribution in [0.1, 0.15) is 25.0 Å². The standard InChI is InChI=1S/C16H21N3OS3/c1-11(2)8-22-16-19-18-15(23-16)17-14(20)10-21-9-13-6-4-12(3)5-7-13/h4-7,11H,8-10H2,1-3H3,(H,17,18,20). The first-order chi connectivity index (χ1) is 11.0. The maximum Gasteiger partial charge on any atom is 0.236 e. The van der Waals surface area contributed by atoms with E-state index < -0.39 is 0 Å². The van der Waals surface area contributed by atoms with Gasteiger partial charge < -0.3 is 0 Å². The lowest BCUT2D eigenvalue weighted by molar-refractivity contribution is -0.113. The van der Waals surface area contributed by atoms with Gasteiger partial charge in [0.2, 0.25) is 11.0 Å². The SMILES string of the molecule is Cc1ccc(CSCC(=O)Nc2nnc(SCC(C)C)s2)cc1. The molecule has 124 valence electrons. The van der Waals surface area contributed by atoms with E-state index in [1.54, 1.807) is 23.5 Å². The Hall–Kier alpha value is -1.05. The summed E-state index contributed by atoms with van der Waals surface area (Å²) in [6.45, 7) is 6.41. The topological polar surface area (TPSA) is 54.9 Å². The summed E-state index contributed by atoms with van der Waals surface area (Å²) >= 11 is 4.71. The molecule has 1 amide bonds. The molecular formula is C16H21N3OS3. The molecule has 0 unspecified atom stereocenters. The first-order valence-electron chi connectivity index (χ1n) is 7.42. The van der Waals surface area contributed by atoms with E-state index in [2.05, 4.69) is 60.6 Å². The molecule has 2 aromatic rings. The Balaban J connectivity index is 1.71. The molecule has 2 rings (SSSR count). The monoisotopic (exact) mass is 367 g/mol. The van der Waals surface area contributed by atoms with Crippen LogP contribution >= 0.6 is 34.9 Å². The van der Waals surface area contributed by atoms with Crippen molar-refractivity contribution in [2.45, 2.75) is 30.9 Å². The zero-order valence-electron chi connectivity index (χ0n) is 13.5. The lowest BCUT2D eigenvalue weighted by Gasteiger charge is -2.03. The van der Waals surface area contributed by atoms with Crippen LogP contribution in [0.2, 0.25) is 0 Å². The second-order valence-electron chi connectivity index (χ2n) is 5.60. The lowest BCUT2D eigenvalue weighted by Crippen LogP contribution is -2.13. The van der Waals surface area contributed by atoms with E-state index in [-0.39, 0.29) is 5.91 Å². The summed E-state index contributed by atoms with van der Waals surface area (Å²) < 4.78 is 0.904. The fourth-order valence-corrected chi connectivity index (χ4v) is 4.19. The third kappa shape index (κ3) is 6.93. The molecule has 1 aromatic heterocycles. The molecule has 0 saturated heterocycles. The molecule has 0 spiro atoms. The quantitative estimate of drug-likeness (QED) is 0.551. The highest BCUT2D eigenvalue weighted by Gasteiger charge is 2.09. The minimum absolute atomic E-state index is 0.0290. The van der Waals surface area contributed by atoms with Gasteiger partial charge in [0.15, 0.2) is 4.34 Å². The highest BCUT2D eigenvalue weighted by Crippen LogP contribution is 2.27. The fourth-order valence-electron chi connectivity index (χ4n) is 1.66. The Morgan fingerprint density at radius 3 is 2.70 bits per heavy atom. The van der Waals surface area contributed by atoms with Crippen LogP contribution < -0.4 is 5.32 Å². The number of hydrogen-bond donors (Lipinski definition) is 1. The second-order valence-corrected chi connectivity index (χ2v) is 8.83. The number of amides is 1. The van der Waals surface area contributed by atoms with Gasteiger partial charge in [-0.15, -0.1) is 22.0 Å². The molecule has 0 saturated carbocycles. The van der Waals surface area contributed by atoms with Crippen LogP contribution in [-0.2, 0) is 10.5 Å². The number of nitrogens with zero attached hydrogens (tertiary/aromatic N) is 2. The predicted molar refractivity (Wildman–Crippen MR) is 101 cm³/mol. The van der Waals surface area contributed by atoms with Crippen LogP contribution in [0.5, 0.6) is 0 Å². The molecule has 1 heterocycles. The molecule has 0 atom stereocenters. The van der Waals surface area contributed by atoms with Crippen LogP contribution in [0, 0.1) is 12.8 Å². The van der Waals surface area contributed by atoms with E-state index in [1.807, 2.05) is 0 Å². The average Bonchev–Trinajstić information content (AvgIpc) is 2.94. The van der Waals surface area contributed by atoms with Crippen molar-refractivity contribution in [1.82, 2.24) is 10.2 Å². The van der Waals surface area contributed by atoms with Crippen molar-refractivity contribution >= 4 is 45.9 Å². The summed E-state index contributed by atoms with van der Waals surface area (Å²) in [4.78, 5) is 11.9. The number of nitrogens with one attached hydrogen (secondary N) is 1. The summed E-state index contributed by atoms with van der Waals surface area (Å²) in [5.74, 6) is 2.84. The third-order valence-electron chi connectivity index (χ3n) is 2.82. The van der Waals surface area contributed by atoms with Crippen LogP contribution in [0.25, 0.3) is 0 Å². The van der Waals surface area contributed by atoms with Crippen molar-refractivity contribution in [3.8, 4) is 0 Å². The fraction of sp³-hybridized carbons (Fsp3) is 0.438. The number of carbonyl (C=O) groups excluding carboxylic acids is 1. The molecule has 1 N–H and O–H groups in total. The first kappa shape index (κ1) is 18.3. The van der Waals surface area contributed by atoms with E-state index in [1.165, 1.54) is 22.5 Å². The Morgan fingerprint density at radius 2 is 2.00 bits per heavy atom. The van der Waals surface area contributed by atoms with Gasteiger partial charge in [0.25, 0.3) is 0 Å². The number of aromatic nitrogens is 2. The first-order valence-corrected chi connectivity index (χ1v) is 10.4. The number of carbonyl (C=O) groups is 1. The minimum atomic E-state index is -0.0290. The number of rotatable bonds is 8. The van der Waals surface area contributed by atoms with Crippen molar-refractivity contribution in [3.63, 3.8) is 0 Å². The summed E-state index contributed by atoms with van der Waals surface area (Å²) in [6.07, 6.45) is 0. The van der Waals surface area contributed by atoms with Crippen molar-refractivity contribution in [2.75, 3.05) is 16.8 Å². The van der Waals surface area contributed by atoms with Crippen LogP contribution in [0.15, 0.2) is 28.6 Å². The zero-order chi connectivity index (χ0) is 16.7. The van der Waals surface area contributed by atoms with E-state index in [9.17, 15) is 4.79 Å². The van der Waals surface area contributed by atoms with Crippen LogP contribution in [0.4, 0.5) is 5.13 Å². The Bertz CT molecular complexity index is 626. The highest BCUT2D eigenvalue weighted by molar-refractivity contribution is 8.01. The third-order valence-corrected chi connectivity index (χ3v) is 6.22. The number of benzene rings is 1. The van der Waals surface area contributed by atoms with Gasteiger partial charge in [-0.05, 0) is 18.4 Å². The number of thioether (sulfide) groups is 2. The van der Waals surface area contributed by atoms with Gasteiger partial charge in [0.05, 0.1) is 5.75 Å². The molecule has 0 bridgehead atoms. The van der Waals surface area contributed by atoms with Crippen molar-refractivity contribution in [2.24, 2.45) is 5.92 Å². The Morgan fingerprint density at radius 1 is 1.26 bits per heavy atom. The van der Waals surface area contributed by atoms with Crippen molar-refractivity contribution < 1.29 is 4.79 Å². The van der Waals surface area contributed by atoms with Gasteiger partial charge in [-0.25, -0.2) is 0 Å². The zero-order valence-corrected chi connectivity index (χ0v) is 16.0. The maximum atomic E-state index is 11.9. The molecule has 0 aliphatic rings. The Labute approximate surface area is 149 Å². The average molecular weight is 368 g/mol. The summed E-state index contributed by atoms with van der Waals surface area (Å²) in [7, 11) is 0. The highest BCUT2D eigenvalue weighted by atomic mass is 32.2. The minimum Gasteiger partial charge on any atom is -0.300 e. The summed E-state index contributed by atoms with van der Waals surface area (Å²) in [5, 5.41) is 11.5. The van der Waals surface area contributed by atoms with Crippen molar-refractivity contribution in [1.29, 1.82) is 0 Å². The van der Waals surface area contributed by atoms with Crippen molar-refractivity contribution in [3.05, 3.63) is 35.4 Å². The Kier molecular flexibility index (Phi) is 7.39. The molecular weight excluding hydrogens is 346 g/mol. The van der Waals surface area contributed by atoms with Gasteiger partial charge in [0, 0.05) is 11.5 Å². The molecule has 23 heavy (non-hydrogen) atoms. The molecule has 0 aliphatic carbocycles. The van der Waals surface area contributed by atoms with E-state index in [4.69, 9.17) is 0 Å². The van der Waals surface area contributed by atoms with E-state index in [0.717, 1.165) is 15.8 Å². The number of aryl methyl sites for hydroxylation is 1. The van der Waals surface area contributed by atoms with Gasteiger partial charge in [-0.1, -0.05) is 66.8 Å². The smallest absolute Gasteiger partial charge is 0.236 e. The summed E-state index contributed by atoms with van der Waals surface area (Å²) in [5.41, 5.74) is 2.48. The van der Waals surface area contributed by atoms with Crippen LogP contribution in [0.3, 0.4) is 0 Å². The molecule has 4 nitrogen and oxygen atoms in total. The molecule has 0 aliphatic heterocycles. The largest absolute Gasteiger partial charge is 0.300 e. The van der Waals surface area contributed by atoms with Gasteiger partial charge >= 0.3 is 0 Å². The maximum absolute atomic E-state index is 11.9. The molecule has 1 aromatic carbocycles. The van der Waals surface area contributed by atoms with E-state index >= 15 is 0 Å².